The van der Waals surface area contributed by atoms with Gasteiger partial charge in [-0.15, -0.1) is 0 Å². The van der Waals surface area contributed by atoms with Crippen molar-refractivity contribution in [1.29, 1.82) is 0 Å². The van der Waals surface area contributed by atoms with Gasteiger partial charge in [-0.2, -0.15) is 0 Å². The van der Waals surface area contributed by atoms with Crippen molar-refractivity contribution in [3.8, 4) is 0 Å². The standard InChI is InChI=1S/C15H12N2OS2.CH2O/c18-15(17-10-4-3-5-11(19)8-10)14-9-16-12-6-1-2-7-13(12)20-14;1-2/h1-4,6-9,16H,5H2,(H,17,18);1H2. The van der Waals surface area contributed by atoms with E-state index in [-0.39, 0.29) is 5.91 Å². The maximum absolute atomic E-state index is 12.2. The van der Waals surface area contributed by atoms with Gasteiger partial charge in [0.05, 0.1) is 10.6 Å². The van der Waals surface area contributed by atoms with E-state index in [1.165, 1.54) is 11.8 Å². The first-order valence-corrected chi connectivity index (χ1v) is 7.70. The number of anilines is 1. The van der Waals surface area contributed by atoms with Crippen molar-refractivity contribution in [2.75, 3.05) is 5.32 Å². The lowest BCUT2D eigenvalue weighted by Gasteiger charge is -2.17. The maximum Gasteiger partial charge on any atom is 0.263 e. The molecule has 0 spiro atoms. The molecule has 1 aromatic rings. The number of thioether (sulfide) groups is 1. The predicted molar refractivity (Wildman–Crippen MR) is 93.7 cm³/mol. The number of para-hydroxylation sites is 1. The highest BCUT2D eigenvalue weighted by atomic mass is 32.2. The minimum absolute atomic E-state index is 0.127. The van der Waals surface area contributed by atoms with Crippen LogP contribution in [0.1, 0.15) is 6.42 Å². The van der Waals surface area contributed by atoms with Gasteiger partial charge in [0.1, 0.15) is 6.79 Å². The second kappa shape index (κ2) is 7.72. The molecule has 0 radical (unpaired) electrons. The highest BCUT2D eigenvalue weighted by Crippen LogP contribution is 2.36. The molecular formula is C16H14N2O2S2. The normalized spacial score (nSPS) is 15.4. The van der Waals surface area contributed by atoms with Crippen LogP contribution < -0.4 is 10.6 Å². The zero-order valence-electron chi connectivity index (χ0n) is 11.7. The van der Waals surface area contributed by atoms with Crippen molar-refractivity contribution in [2.24, 2.45) is 0 Å². The van der Waals surface area contributed by atoms with Crippen molar-refractivity contribution in [3.05, 3.63) is 59.3 Å². The summed E-state index contributed by atoms with van der Waals surface area (Å²) in [6, 6.07) is 7.89. The first-order chi connectivity index (χ1) is 10.7. The summed E-state index contributed by atoms with van der Waals surface area (Å²) in [6.45, 7) is 2.00. The fourth-order valence-corrected chi connectivity index (χ4v) is 3.04. The number of nitrogens with one attached hydrogen (secondary N) is 2. The Bertz CT molecular complexity index is 693. The quantitative estimate of drug-likeness (QED) is 0.816. The Morgan fingerprint density at radius 3 is 2.86 bits per heavy atom. The van der Waals surface area contributed by atoms with E-state index < -0.39 is 0 Å². The van der Waals surface area contributed by atoms with Crippen LogP contribution in [-0.2, 0) is 9.59 Å². The van der Waals surface area contributed by atoms with Crippen LogP contribution in [0, 0.1) is 0 Å². The molecule has 0 saturated carbocycles. The fourth-order valence-electron chi connectivity index (χ4n) is 1.93. The van der Waals surface area contributed by atoms with Crippen molar-refractivity contribution in [1.82, 2.24) is 5.32 Å². The Kier molecular flexibility index (Phi) is 5.68. The molecule has 1 aromatic carbocycles. The lowest BCUT2D eigenvalue weighted by molar-refractivity contribution is -0.116. The van der Waals surface area contributed by atoms with Crippen LogP contribution in [0.2, 0.25) is 0 Å². The third-order valence-corrected chi connectivity index (χ3v) is 4.26. The first-order valence-electron chi connectivity index (χ1n) is 6.47. The van der Waals surface area contributed by atoms with Gasteiger partial charge in [-0.05, 0) is 24.3 Å². The molecule has 3 rings (SSSR count). The first kappa shape index (κ1) is 16.2. The summed E-state index contributed by atoms with van der Waals surface area (Å²) in [5, 5.41) is 6.00. The second-order valence-corrected chi connectivity index (χ2v) is 5.99. The third-order valence-electron chi connectivity index (χ3n) is 2.88. The number of carbonyl (C=O) groups is 2. The van der Waals surface area contributed by atoms with Gasteiger partial charge in [-0.3, -0.25) is 4.79 Å². The largest absolute Gasteiger partial charge is 0.359 e. The number of carbonyl (C=O) groups excluding carboxylic acids is 2. The monoisotopic (exact) mass is 330 g/mol. The van der Waals surface area contributed by atoms with Crippen LogP contribution in [0.25, 0.3) is 0 Å². The molecule has 0 unspecified atom stereocenters. The second-order valence-electron chi connectivity index (χ2n) is 4.38. The molecule has 6 heteroatoms. The molecule has 1 amide bonds. The number of amides is 1. The Hall–Kier alpha value is -2.18. The fraction of sp³-hybridized carbons (Fsp3) is 0.0625. The molecule has 0 atom stereocenters. The molecule has 2 aliphatic rings. The van der Waals surface area contributed by atoms with Gasteiger partial charge >= 0.3 is 0 Å². The van der Waals surface area contributed by atoms with Crippen LogP contribution in [-0.4, -0.2) is 17.6 Å². The van der Waals surface area contributed by atoms with Gasteiger partial charge in [-0.1, -0.05) is 42.2 Å². The van der Waals surface area contributed by atoms with E-state index in [0.717, 1.165) is 27.6 Å². The molecule has 4 nitrogen and oxygen atoms in total. The minimum atomic E-state index is -0.127. The van der Waals surface area contributed by atoms with Gasteiger partial charge in [0.25, 0.3) is 5.91 Å². The number of fused-ring (bicyclic) bond motifs is 1. The smallest absolute Gasteiger partial charge is 0.263 e. The van der Waals surface area contributed by atoms with E-state index in [9.17, 15) is 4.79 Å². The van der Waals surface area contributed by atoms with Crippen LogP contribution in [0.3, 0.4) is 0 Å². The van der Waals surface area contributed by atoms with Crippen molar-refractivity contribution in [2.45, 2.75) is 11.3 Å². The van der Waals surface area contributed by atoms with Gasteiger partial charge in [0, 0.05) is 28.1 Å². The molecule has 0 aromatic heterocycles. The summed E-state index contributed by atoms with van der Waals surface area (Å²) in [5.74, 6) is -0.127. The molecule has 22 heavy (non-hydrogen) atoms. The molecule has 0 fully saturated rings. The molecule has 2 N–H and O–H groups in total. The maximum atomic E-state index is 12.2. The highest BCUT2D eigenvalue weighted by Gasteiger charge is 2.18. The zero-order chi connectivity index (χ0) is 15.9. The Morgan fingerprint density at radius 1 is 1.32 bits per heavy atom. The molecular weight excluding hydrogens is 316 g/mol. The highest BCUT2D eigenvalue weighted by molar-refractivity contribution is 8.04. The summed E-state index contributed by atoms with van der Waals surface area (Å²) < 4.78 is 0. The van der Waals surface area contributed by atoms with E-state index in [4.69, 9.17) is 17.0 Å². The van der Waals surface area contributed by atoms with E-state index in [1.807, 2.05) is 49.3 Å². The summed E-state index contributed by atoms with van der Waals surface area (Å²) in [6.07, 6.45) is 8.15. The molecule has 1 aliphatic carbocycles. The topological polar surface area (TPSA) is 58.2 Å². The van der Waals surface area contributed by atoms with E-state index in [2.05, 4.69) is 10.6 Å². The van der Waals surface area contributed by atoms with Crippen LogP contribution in [0.4, 0.5) is 5.69 Å². The molecule has 112 valence electrons. The summed E-state index contributed by atoms with van der Waals surface area (Å²) in [5.41, 5.74) is 1.76. The summed E-state index contributed by atoms with van der Waals surface area (Å²) in [4.78, 5) is 22.7. The molecule has 0 saturated heterocycles. The number of thiocarbonyl (C=S) groups is 1. The van der Waals surface area contributed by atoms with Gasteiger partial charge in [0.2, 0.25) is 0 Å². The zero-order valence-corrected chi connectivity index (χ0v) is 13.3. The van der Waals surface area contributed by atoms with Crippen molar-refractivity contribution >= 4 is 47.2 Å². The van der Waals surface area contributed by atoms with E-state index >= 15 is 0 Å². The molecule has 0 bridgehead atoms. The summed E-state index contributed by atoms with van der Waals surface area (Å²) in [7, 11) is 0. The lowest BCUT2D eigenvalue weighted by atomic mass is 10.1. The number of hydrogen-bond acceptors (Lipinski definition) is 5. The van der Waals surface area contributed by atoms with E-state index in [1.54, 1.807) is 6.20 Å². The van der Waals surface area contributed by atoms with E-state index in [0.29, 0.717) is 4.91 Å². The van der Waals surface area contributed by atoms with Gasteiger partial charge < -0.3 is 15.4 Å². The van der Waals surface area contributed by atoms with Crippen LogP contribution in [0.5, 0.6) is 0 Å². The van der Waals surface area contributed by atoms with Gasteiger partial charge in [-0.25, -0.2) is 0 Å². The lowest BCUT2D eigenvalue weighted by Crippen LogP contribution is -2.25. The van der Waals surface area contributed by atoms with Crippen molar-refractivity contribution < 1.29 is 9.59 Å². The van der Waals surface area contributed by atoms with Crippen molar-refractivity contribution in [3.63, 3.8) is 0 Å². The Morgan fingerprint density at radius 2 is 2.09 bits per heavy atom. The Labute approximate surface area is 138 Å². The number of hydrogen-bond donors (Lipinski definition) is 2. The number of benzene rings is 1. The van der Waals surface area contributed by atoms with Gasteiger partial charge in [0.15, 0.2) is 0 Å². The Balaban J connectivity index is 0.000000847. The number of allylic oxidation sites excluding steroid dienone is 3. The molecule has 1 aliphatic heterocycles. The van der Waals surface area contributed by atoms with Crippen LogP contribution in [0.15, 0.2) is 64.2 Å². The average molecular weight is 330 g/mol. The number of rotatable bonds is 2. The van der Waals surface area contributed by atoms with Crippen LogP contribution >= 0.6 is 24.0 Å². The predicted octanol–water partition coefficient (Wildman–Crippen LogP) is 3.19. The summed E-state index contributed by atoms with van der Waals surface area (Å²) >= 11 is 6.59. The average Bonchev–Trinajstić information content (AvgIpc) is 2.56. The molecule has 1 heterocycles. The SMILES string of the molecule is C=O.O=C(NC1=CC(=S)CC=C1)C1=CNc2ccccc2S1. The minimum Gasteiger partial charge on any atom is -0.359 e. The third kappa shape index (κ3) is 3.93.